The first kappa shape index (κ1) is 13.2. The Hall–Kier alpha value is -2.24. The van der Waals surface area contributed by atoms with Gasteiger partial charge in [0.2, 0.25) is 5.91 Å². The highest BCUT2D eigenvalue weighted by molar-refractivity contribution is 5.92. The van der Waals surface area contributed by atoms with E-state index in [1.165, 1.54) is 7.11 Å². The van der Waals surface area contributed by atoms with Crippen molar-refractivity contribution in [3.05, 3.63) is 23.8 Å². The Bertz CT molecular complexity index is 516. The lowest BCUT2D eigenvalue weighted by molar-refractivity contribution is -0.121. The van der Waals surface area contributed by atoms with Gasteiger partial charge in [0, 0.05) is 13.1 Å². The van der Waals surface area contributed by atoms with Crippen LogP contribution in [0.4, 0.5) is 11.4 Å². The molecule has 1 heterocycles. The number of esters is 1. The van der Waals surface area contributed by atoms with Crippen molar-refractivity contribution in [2.24, 2.45) is 11.7 Å². The summed E-state index contributed by atoms with van der Waals surface area (Å²) in [5.41, 5.74) is 13.0. The summed E-state index contributed by atoms with van der Waals surface area (Å²) in [4.78, 5) is 24.7. The number of hydrogen-bond donors (Lipinski definition) is 2. The quantitative estimate of drug-likeness (QED) is 0.606. The topological polar surface area (TPSA) is 98.7 Å². The van der Waals surface area contributed by atoms with Gasteiger partial charge in [-0.25, -0.2) is 4.79 Å². The van der Waals surface area contributed by atoms with E-state index >= 15 is 0 Å². The number of anilines is 2. The molecule has 0 bridgehead atoms. The van der Waals surface area contributed by atoms with Crippen molar-refractivity contribution >= 4 is 23.3 Å². The first-order valence-electron chi connectivity index (χ1n) is 6.05. The molecule has 1 aromatic rings. The SMILES string of the molecule is COC(=O)c1ccc(N)c(N2CCC(C(N)=O)C2)c1. The molecule has 1 aromatic carbocycles. The Morgan fingerprint density at radius 3 is 2.74 bits per heavy atom. The number of nitrogens with zero attached hydrogens (tertiary/aromatic N) is 1. The summed E-state index contributed by atoms with van der Waals surface area (Å²) in [5.74, 6) is -0.877. The number of nitrogens with two attached hydrogens (primary N) is 2. The molecule has 2 rings (SSSR count). The monoisotopic (exact) mass is 263 g/mol. The maximum absolute atomic E-state index is 11.5. The molecule has 0 aliphatic carbocycles. The lowest BCUT2D eigenvalue weighted by Crippen LogP contribution is -2.27. The third kappa shape index (κ3) is 2.62. The van der Waals surface area contributed by atoms with Crippen molar-refractivity contribution in [3.63, 3.8) is 0 Å². The third-order valence-corrected chi connectivity index (χ3v) is 3.38. The zero-order valence-electron chi connectivity index (χ0n) is 10.8. The van der Waals surface area contributed by atoms with Gasteiger partial charge in [-0.1, -0.05) is 0 Å². The molecular weight excluding hydrogens is 246 g/mol. The van der Waals surface area contributed by atoms with Crippen LogP contribution in [0.25, 0.3) is 0 Å². The molecule has 6 nitrogen and oxygen atoms in total. The normalized spacial score (nSPS) is 18.4. The van der Waals surface area contributed by atoms with Gasteiger partial charge in [0.05, 0.1) is 30.0 Å². The molecule has 102 valence electrons. The van der Waals surface area contributed by atoms with Crippen LogP contribution in [0.3, 0.4) is 0 Å². The van der Waals surface area contributed by atoms with Crippen LogP contribution in [-0.4, -0.2) is 32.1 Å². The number of rotatable bonds is 3. The van der Waals surface area contributed by atoms with Gasteiger partial charge in [0.25, 0.3) is 0 Å². The fourth-order valence-corrected chi connectivity index (χ4v) is 2.27. The Morgan fingerprint density at radius 2 is 2.16 bits per heavy atom. The molecule has 6 heteroatoms. The lowest BCUT2D eigenvalue weighted by atomic mass is 10.1. The Morgan fingerprint density at radius 1 is 1.42 bits per heavy atom. The van der Waals surface area contributed by atoms with Gasteiger partial charge in [-0.2, -0.15) is 0 Å². The van der Waals surface area contributed by atoms with Gasteiger partial charge in [0.1, 0.15) is 0 Å². The van der Waals surface area contributed by atoms with Gasteiger partial charge in [-0.05, 0) is 24.6 Å². The van der Waals surface area contributed by atoms with Crippen LogP contribution in [0, 0.1) is 5.92 Å². The lowest BCUT2D eigenvalue weighted by Gasteiger charge is -2.20. The number of ether oxygens (including phenoxy) is 1. The predicted octanol–water partition coefficient (Wildman–Crippen LogP) is 0.367. The van der Waals surface area contributed by atoms with Gasteiger partial charge in [0.15, 0.2) is 0 Å². The maximum Gasteiger partial charge on any atom is 0.337 e. The summed E-state index contributed by atoms with van der Waals surface area (Å²) in [6.45, 7) is 1.23. The third-order valence-electron chi connectivity index (χ3n) is 3.38. The summed E-state index contributed by atoms with van der Waals surface area (Å²) in [5, 5.41) is 0. The molecule has 0 aromatic heterocycles. The van der Waals surface area contributed by atoms with E-state index < -0.39 is 5.97 Å². The number of benzene rings is 1. The van der Waals surface area contributed by atoms with Gasteiger partial charge >= 0.3 is 5.97 Å². The minimum Gasteiger partial charge on any atom is -0.465 e. The van der Waals surface area contributed by atoms with E-state index in [-0.39, 0.29) is 11.8 Å². The average Bonchev–Trinajstić information content (AvgIpc) is 2.88. The van der Waals surface area contributed by atoms with Crippen molar-refractivity contribution in [3.8, 4) is 0 Å². The number of nitrogen functional groups attached to an aromatic ring is 1. The predicted molar refractivity (Wildman–Crippen MR) is 71.7 cm³/mol. The molecule has 1 saturated heterocycles. The van der Waals surface area contributed by atoms with Crippen molar-refractivity contribution in [1.82, 2.24) is 0 Å². The second-order valence-corrected chi connectivity index (χ2v) is 4.60. The van der Waals surface area contributed by atoms with Crippen molar-refractivity contribution in [2.75, 3.05) is 30.8 Å². The van der Waals surface area contributed by atoms with E-state index in [9.17, 15) is 9.59 Å². The van der Waals surface area contributed by atoms with Crippen LogP contribution in [0.5, 0.6) is 0 Å². The average molecular weight is 263 g/mol. The van der Waals surface area contributed by atoms with Crippen molar-refractivity contribution in [2.45, 2.75) is 6.42 Å². The summed E-state index contributed by atoms with van der Waals surface area (Å²) >= 11 is 0. The second kappa shape index (κ2) is 5.17. The minimum absolute atomic E-state index is 0.166. The highest BCUT2D eigenvalue weighted by Gasteiger charge is 2.28. The fraction of sp³-hybridized carbons (Fsp3) is 0.385. The molecule has 1 unspecified atom stereocenters. The fourth-order valence-electron chi connectivity index (χ4n) is 2.27. The van der Waals surface area contributed by atoms with E-state index in [1.54, 1.807) is 18.2 Å². The summed E-state index contributed by atoms with van der Waals surface area (Å²) in [6.07, 6.45) is 0.706. The molecule has 1 aliphatic rings. The standard InChI is InChI=1S/C13H17N3O3/c1-19-13(18)8-2-3-10(14)11(6-8)16-5-4-9(7-16)12(15)17/h2-3,6,9H,4-5,7,14H2,1H3,(H2,15,17). The van der Waals surface area contributed by atoms with E-state index in [0.29, 0.717) is 30.8 Å². The Balaban J connectivity index is 2.25. The maximum atomic E-state index is 11.5. The van der Waals surface area contributed by atoms with E-state index in [2.05, 4.69) is 4.74 Å². The zero-order chi connectivity index (χ0) is 14.0. The first-order valence-corrected chi connectivity index (χ1v) is 6.05. The van der Waals surface area contributed by atoms with Gasteiger partial charge < -0.3 is 21.1 Å². The molecule has 1 fully saturated rings. The number of primary amides is 1. The molecule has 0 saturated carbocycles. The van der Waals surface area contributed by atoms with Crippen LogP contribution in [0.2, 0.25) is 0 Å². The molecule has 0 spiro atoms. The van der Waals surface area contributed by atoms with E-state index in [1.807, 2.05) is 4.90 Å². The molecule has 4 N–H and O–H groups in total. The summed E-state index contributed by atoms with van der Waals surface area (Å²) < 4.78 is 4.68. The molecule has 19 heavy (non-hydrogen) atoms. The van der Waals surface area contributed by atoms with Crippen LogP contribution < -0.4 is 16.4 Å². The van der Waals surface area contributed by atoms with Crippen molar-refractivity contribution in [1.29, 1.82) is 0 Å². The van der Waals surface area contributed by atoms with Crippen LogP contribution in [0.1, 0.15) is 16.8 Å². The van der Waals surface area contributed by atoms with E-state index in [4.69, 9.17) is 11.5 Å². The molecule has 1 aliphatic heterocycles. The van der Waals surface area contributed by atoms with Crippen LogP contribution in [-0.2, 0) is 9.53 Å². The highest BCUT2D eigenvalue weighted by Crippen LogP contribution is 2.30. The van der Waals surface area contributed by atoms with E-state index in [0.717, 1.165) is 5.69 Å². The van der Waals surface area contributed by atoms with Crippen molar-refractivity contribution < 1.29 is 14.3 Å². The van der Waals surface area contributed by atoms with Crippen LogP contribution in [0.15, 0.2) is 18.2 Å². The number of methoxy groups -OCH3 is 1. The van der Waals surface area contributed by atoms with Crippen LogP contribution >= 0.6 is 0 Å². The Kier molecular flexibility index (Phi) is 3.59. The second-order valence-electron chi connectivity index (χ2n) is 4.60. The van der Waals surface area contributed by atoms with Gasteiger partial charge in [-0.3, -0.25) is 4.79 Å². The first-order chi connectivity index (χ1) is 9.02. The molecule has 1 amide bonds. The summed E-state index contributed by atoms with van der Waals surface area (Å²) in [7, 11) is 1.33. The smallest absolute Gasteiger partial charge is 0.337 e. The number of carbonyl (C=O) groups excluding carboxylic acids is 2. The Labute approximate surface area is 111 Å². The summed E-state index contributed by atoms with van der Waals surface area (Å²) in [6, 6.07) is 4.97. The number of hydrogen-bond acceptors (Lipinski definition) is 5. The molecule has 0 radical (unpaired) electrons. The number of carbonyl (C=O) groups is 2. The largest absolute Gasteiger partial charge is 0.465 e. The number of amides is 1. The highest BCUT2D eigenvalue weighted by atomic mass is 16.5. The molecular formula is C13H17N3O3. The minimum atomic E-state index is -0.410. The van der Waals surface area contributed by atoms with Gasteiger partial charge in [-0.15, -0.1) is 0 Å². The zero-order valence-corrected chi connectivity index (χ0v) is 10.8. The molecule has 1 atom stereocenters.